The van der Waals surface area contributed by atoms with Crippen molar-refractivity contribution in [1.82, 2.24) is 5.32 Å². The summed E-state index contributed by atoms with van der Waals surface area (Å²) in [6.45, 7) is 2.75. The van der Waals surface area contributed by atoms with Gasteiger partial charge in [0.25, 0.3) is 0 Å². The van der Waals surface area contributed by atoms with Crippen LogP contribution in [0.25, 0.3) is 0 Å². The zero-order valence-electron chi connectivity index (χ0n) is 10.7. The highest BCUT2D eigenvalue weighted by atomic mass is 16.5. The highest BCUT2D eigenvalue weighted by Gasteiger charge is 2.20. The molecule has 0 spiro atoms. The lowest BCUT2D eigenvalue weighted by Crippen LogP contribution is -2.29. The summed E-state index contributed by atoms with van der Waals surface area (Å²) < 4.78 is 5.45. The predicted molar refractivity (Wildman–Crippen MR) is 71.0 cm³/mol. The molecule has 0 saturated carbocycles. The lowest BCUT2D eigenvalue weighted by atomic mass is 10.1. The number of amides is 1. The number of nitrogens with two attached hydrogens (primary N) is 1. The third-order valence-corrected chi connectivity index (χ3v) is 3.25. The van der Waals surface area contributed by atoms with Crippen molar-refractivity contribution in [3.8, 4) is 0 Å². The molecule has 1 saturated heterocycles. The van der Waals surface area contributed by atoms with E-state index in [1.807, 2.05) is 31.2 Å². The molecule has 4 nitrogen and oxygen atoms in total. The van der Waals surface area contributed by atoms with Gasteiger partial charge in [0.1, 0.15) is 0 Å². The van der Waals surface area contributed by atoms with Gasteiger partial charge in [-0.05, 0) is 37.5 Å². The molecule has 0 radical (unpaired) electrons. The van der Waals surface area contributed by atoms with Crippen LogP contribution in [0.4, 0.5) is 5.69 Å². The number of hydrogen-bond acceptors (Lipinski definition) is 3. The highest BCUT2D eigenvalue weighted by molar-refractivity contribution is 5.77. The molecule has 18 heavy (non-hydrogen) atoms. The standard InChI is InChI=1S/C14H20N2O2/c1-10(11-4-6-12(15)7-5-11)16-14(17)9-13-3-2-8-18-13/h4-7,10,13H,2-3,8-9,15H2,1H3,(H,16,17). The third kappa shape index (κ3) is 3.47. The van der Waals surface area contributed by atoms with Crippen LogP contribution in [0.15, 0.2) is 24.3 Å². The van der Waals surface area contributed by atoms with Crippen molar-refractivity contribution >= 4 is 11.6 Å². The maximum Gasteiger partial charge on any atom is 0.223 e. The predicted octanol–water partition coefficient (Wildman–Crippen LogP) is 2.02. The van der Waals surface area contributed by atoms with Crippen LogP contribution in [0.5, 0.6) is 0 Å². The third-order valence-electron chi connectivity index (χ3n) is 3.25. The summed E-state index contributed by atoms with van der Waals surface area (Å²) in [5.41, 5.74) is 7.43. The van der Waals surface area contributed by atoms with E-state index >= 15 is 0 Å². The first-order chi connectivity index (χ1) is 8.65. The molecule has 0 bridgehead atoms. The number of nitrogen functional groups attached to an aromatic ring is 1. The topological polar surface area (TPSA) is 64.3 Å². The summed E-state index contributed by atoms with van der Waals surface area (Å²) in [7, 11) is 0. The van der Waals surface area contributed by atoms with Crippen molar-refractivity contribution in [1.29, 1.82) is 0 Å². The average Bonchev–Trinajstić information content (AvgIpc) is 2.82. The Morgan fingerprint density at radius 2 is 2.22 bits per heavy atom. The van der Waals surface area contributed by atoms with Gasteiger partial charge in [0.15, 0.2) is 0 Å². The molecule has 1 amide bonds. The molecule has 2 rings (SSSR count). The monoisotopic (exact) mass is 248 g/mol. The Balaban J connectivity index is 1.84. The van der Waals surface area contributed by atoms with E-state index in [1.54, 1.807) is 0 Å². The molecule has 1 aromatic carbocycles. The first kappa shape index (κ1) is 12.9. The highest BCUT2D eigenvalue weighted by Crippen LogP contribution is 2.17. The molecule has 1 fully saturated rings. The van der Waals surface area contributed by atoms with Crippen LogP contribution in [0.1, 0.15) is 37.8 Å². The normalized spacial score (nSPS) is 20.6. The van der Waals surface area contributed by atoms with E-state index in [4.69, 9.17) is 10.5 Å². The van der Waals surface area contributed by atoms with Gasteiger partial charge < -0.3 is 15.8 Å². The molecule has 2 atom stereocenters. The van der Waals surface area contributed by atoms with Crippen molar-refractivity contribution in [2.75, 3.05) is 12.3 Å². The fourth-order valence-electron chi connectivity index (χ4n) is 2.18. The Morgan fingerprint density at radius 3 is 2.83 bits per heavy atom. The first-order valence-corrected chi connectivity index (χ1v) is 6.41. The van der Waals surface area contributed by atoms with Gasteiger partial charge in [0.2, 0.25) is 5.91 Å². The lowest BCUT2D eigenvalue weighted by molar-refractivity contribution is -0.123. The van der Waals surface area contributed by atoms with Crippen molar-refractivity contribution in [2.45, 2.75) is 38.3 Å². The van der Waals surface area contributed by atoms with Crippen molar-refractivity contribution in [3.05, 3.63) is 29.8 Å². The van der Waals surface area contributed by atoms with Crippen LogP contribution in [-0.4, -0.2) is 18.6 Å². The van der Waals surface area contributed by atoms with E-state index in [0.29, 0.717) is 6.42 Å². The van der Waals surface area contributed by atoms with Gasteiger partial charge in [0, 0.05) is 12.3 Å². The van der Waals surface area contributed by atoms with E-state index in [9.17, 15) is 4.79 Å². The number of rotatable bonds is 4. The quantitative estimate of drug-likeness (QED) is 0.801. The van der Waals surface area contributed by atoms with Gasteiger partial charge in [0.05, 0.1) is 18.6 Å². The fraction of sp³-hybridized carbons (Fsp3) is 0.500. The van der Waals surface area contributed by atoms with Crippen LogP contribution in [0, 0.1) is 0 Å². The first-order valence-electron chi connectivity index (χ1n) is 6.41. The summed E-state index contributed by atoms with van der Waals surface area (Å²) >= 11 is 0. The van der Waals surface area contributed by atoms with Gasteiger partial charge in [-0.2, -0.15) is 0 Å². The SMILES string of the molecule is CC(NC(=O)CC1CCCO1)c1ccc(N)cc1. The molecule has 1 aromatic rings. The van der Waals surface area contributed by atoms with Gasteiger partial charge >= 0.3 is 0 Å². The van der Waals surface area contributed by atoms with E-state index in [2.05, 4.69) is 5.32 Å². The minimum absolute atomic E-state index is 0.000460. The van der Waals surface area contributed by atoms with E-state index in [1.165, 1.54) is 0 Å². The van der Waals surface area contributed by atoms with Crippen LogP contribution >= 0.6 is 0 Å². The molecule has 0 aliphatic carbocycles. The maximum atomic E-state index is 11.8. The minimum atomic E-state index is -0.000460. The zero-order valence-corrected chi connectivity index (χ0v) is 10.7. The number of hydrogen-bond donors (Lipinski definition) is 2. The molecule has 1 aliphatic rings. The molecule has 98 valence electrons. The summed E-state index contributed by atoms with van der Waals surface area (Å²) in [6, 6.07) is 7.56. The molecule has 0 aromatic heterocycles. The molecular weight excluding hydrogens is 228 g/mol. The Hall–Kier alpha value is -1.55. The van der Waals surface area contributed by atoms with Crippen LogP contribution in [-0.2, 0) is 9.53 Å². The van der Waals surface area contributed by atoms with Crippen LogP contribution < -0.4 is 11.1 Å². The fourth-order valence-corrected chi connectivity index (χ4v) is 2.18. The largest absolute Gasteiger partial charge is 0.399 e. The molecule has 2 unspecified atom stereocenters. The van der Waals surface area contributed by atoms with Crippen molar-refractivity contribution in [2.24, 2.45) is 0 Å². The van der Waals surface area contributed by atoms with Crippen LogP contribution in [0.2, 0.25) is 0 Å². The summed E-state index contributed by atoms with van der Waals surface area (Å²) in [5, 5.41) is 2.98. The van der Waals surface area contributed by atoms with E-state index < -0.39 is 0 Å². The summed E-state index contributed by atoms with van der Waals surface area (Å²) in [6.07, 6.45) is 2.61. The summed E-state index contributed by atoms with van der Waals surface area (Å²) in [5.74, 6) is 0.0474. The smallest absolute Gasteiger partial charge is 0.223 e. The molecule has 4 heteroatoms. The summed E-state index contributed by atoms with van der Waals surface area (Å²) in [4.78, 5) is 11.8. The molecule has 3 N–H and O–H groups in total. The lowest BCUT2D eigenvalue weighted by Gasteiger charge is -2.16. The second-order valence-electron chi connectivity index (χ2n) is 4.80. The second-order valence-corrected chi connectivity index (χ2v) is 4.80. The Labute approximate surface area is 108 Å². The van der Waals surface area contributed by atoms with Gasteiger partial charge in [-0.1, -0.05) is 12.1 Å². The minimum Gasteiger partial charge on any atom is -0.399 e. The molecule has 1 heterocycles. The van der Waals surface area contributed by atoms with Gasteiger partial charge in [-0.25, -0.2) is 0 Å². The second kappa shape index (κ2) is 5.87. The van der Waals surface area contributed by atoms with E-state index in [0.717, 1.165) is 30.7 Å². The number of ether oxygens (including phenoxy) is 1. The number of carbonyl (C=O) groups excluding carboxylic acids is 1. The number of anilines is 1. The zero-order chi connectivity index (χ0) is 13.0. The van der Waals surface area contributed by atoms with Crippen molar-refractivity contribution < 1.29 is 9.53 Å². The van der Waals surface area contributed by atoms with Gasteiger partial charge in [-0.15, -0.1) is 0 Å². The average molecular weight is 248 g/mol. The maximum absolute atomic E-state index is 11.8. The number of carbonyl (C=O) groups is 1. The van der Waals surface area contributed by atoms with E-state index in [-0.39, 0.29) is 18.1 Å². The van der Waals surface area contributed by atoms with Gasteiger partial charge in [-0.3, -0.25) is 4.79 Å². The molecule has 1 aliphatic heterocycles. The molecular formula is C14H20N2O2. The van der Waals surface area contributed by atoms with Crippen LogP contribution in [0.3, 0.4) is 0 Å². The Kier molecular flexibility index (Phi) is 4.20. The van der Waals surface area contributed by atoms with Crippen molar-refractivity contribution in [3.63, 3.8) is 0 Å². The Bertz CT molecular complexity index is 397. The number of benzene rings is 1. The number of nitrogens with one attached hydrogen (secondary N) is 1. The Morgan fingerprint density at radius 1 is 1.50 bits per heavy atom.